The van der Waals surface area contributed by atoms with Gasteiger partial charge in [-0.1, -0.05) is 72.1 Å². The van der Waals surface area contributed by atoms with Crippen LogP contribution in [0.1, 0.15) is 113 Å². The molecule has 1 fully saturated rings. The highest BCUT2D eigenvalue weighted by molar-refractivity contribution is 6.61. The van der Waals surface area contributed by atoms with Gasteiger partial charge in [0.2, 0.25) is 0 Å². The molecule has 1 aromatic heterocycles. The molecule has 0 unspecified atom stereocenters. The smallest absolute Gasteiger partial charge is 0.399 e. The van der Waals surface area contributed by atoms with Crippen LogP contribution >= 0.6 is 0 Å². The highest BCUT2D eigenvalue weighted by Gasteiger charge is 2.52. The van der Waals surface area contributed by atoms with Crippen LogP contribution < -0.4 is 5.46 Å². The highest BCUT2D eigenvalue weighted by atomic mass is 16.7. The zero-order chi connectivity index (χ0) is 23.0. The zero-order valence-corrected chi connectivity index (χ0v) is 21.3. The van der Waals surface area contributed by atoms with Gasteiger partial charge in [-0.2, -0.15) is 5.10 Å². The lowest BCUT2D eigenvalue weighted by atomic mass is 9.82. The molecule has 0 bridgehead atoms. The molecule has 0 aromatic carbocycles. The molecule has 0 N–H and O–H groups in total. The zero-order valence-electron chi connectivity index (χ0n) is 21.3. The second-order valence-corrected chi connectivity index (χ2v) is 11.4. The standard InChI is InChI=1S/C25H47BN2O3/c1-23(2,3)17-15-13-11-9-8-10-12-14-16-18-29-21-28-20-22(19-27-28)26-30-24(4,5)25(6,7)31-26/h19-20H,8-18,21H2,1-7H3. The van der Waals surface area contributed by atoms with Crippen molar-refractivity contribution in [2.45, 2.75) is 131 Å². The fourth-order valence-corrected chi connectivity index (χ4v) is 3.81. The van der Waals surface area contributed by atoms with Crippen molar-refractivity contribution in [1.82, 2.24) is 9.78 Å². The van der Waals surface area contributed by atoms with Gasteiger partial charge in [0.1, 0.15) is 6.73 Å². The van der Waals surface area contributed by atoms with E-state index in [1.165, 1.54) is 57.8 Å². The fraction of sp³-hybridized carbons (Fsp3) is 0.880. The van der Waals surface area contributed by atoms with Gasteiger partial charge >= 0.3 is 7.12 Å². The minimum Gasteiger partial charge on any atom is -0.399 e. The molecule has 2 rings (SSSR count). The van der Waals surface area contributed by atoms with Crippen molar-refractivity contribution in [3.63, 3.8) is 0 Å². The van der Waals surface area contributed by atoms with Crippen molar-refractivity contribution < 1.29 is 14.0 Å². The average Bonchev–Trinajstić information content (AvgIpc) is 3.20. The second kappa shape index (κ2) is 11.9. The monoisotopic (exact) mass is 434 g/mol. The lowest BCUT2D eigenvalue weighted by Crippen LogP contribution is -2.41. The van der Waals surface area contributed by atoms with Crippen LogP contribution in [-0.4, -0.2) is 34.7 Å². The maximum atomic E-state index is 6.08. The molecule has 0 radical (unpaired) electrons. The maximum Gasteiger partial charge on any atom is 0.498 e. The summed E-state index contributed by atoms with van der Waals surface area (Å²) in [5.74, 6) is 0. The third-order valence-electron chi connectivity index (χ3n) is 6.62. The van der Waals surface area contributed by atoms with E-state index >= 15 is 0 Å². The molecule has 0 saturated carbocycles. The molecule has 5 nitrogen and oxygen atoms in total. The third kappa shape index (κ3) is 9.27. The van der Waals surface area contributed by atoms with Crippen LogP contribution in [-0.2, 0) is 20.8 Å². The Morgan fingerprint density at radius 2 is 1.39 bits per heavy atom. The summed E-state index contributed by atoms with van der Waals surface area (Å²) in [6.07, 6.45) is 17.1. The molecule has 6 heteroatoms. The molecule has 0 spiro atoms. The van der Waals surface area contributed by atoms with Crippen LogP contribution in [0.2, 0.25) is 0 Å². The van der Waals surface area contributed by atoms with Gasteiger partial charge in [-0.3, -0.25) is 0 Å². The largest absolute Gasteiger partial charge is 0.498 e. The molecule has 2 heterocycles. The van der Waals surface area contributed by atoms with E-state index in [-0.39, 0.29) is 18.3 Å². The highest BCUT2D eigenvalue weighted by Crippen LogP contribution is 2.36. The number of hydrogen-bond donors (Lipinski definition) is 0. The number of ether oxygens (including phenoxy) is 1. The molecular weight excluding hydrogens is 387 g/mol. The summed E-state index contributed by atoms with van der Waals surface area (Å²) >= 11 is 0. The fourth-order valence-electron chi connectivity index (χ4n) is 3.81. The van der Waals surface area contributed by atoms with Crippen LogP contribution in [0.5, 0.6) is 0 Å². The first-order valence-electron chi connectivity index (χ1n) is 12.5. The number of nitrogens with zero attached hydrogens (tertiary/aromatic N) is 2. The van der Waals surface area contributed by atoms with Crippen LogP contribution in [0, 0.1) is 5.41 Å². The van der Waals surface area contributed by atoms with E-state index in [4.69, 9.17) is 14.0 Å². The molecule has 1 aliphatic heterocycles. The summed E-state index contributed by atoms with van der Waals surface area (Å²) in [5, 5.41) is 4.39. The Hall–Kier alpha value is -0.845. The molecule has 0 atom stereocenters. The van der Waals surface area contributed by atoms with Gasteiger partial charge in [0.05, 0.1) is 11.2 Å². The summed E-state index contributed by atoms with van der Waals surface area (Å²) in [6.45, 7) is 16.5. The van der Waals surface area contributed by atoms with E-state index in [1.54, 1.807) is 0 Å². The Morgan fingerprint density at radius 3 is 1.94 bits per heavy atom. The van der Waals surface area contributed by atoms with Gasteiger partial charge in [-0.05, 0) is 46.0 Å². The van der Waals surface area contributed by atoms with Crippen molar-refractivity contribution in [3.05, 3.63) is 12.4 Å². The molecule has 31 heavy (non-hydrogen) atoms. The topological polar surface area (TPSA) is 45.5 Å². The Balaban J connectivity index is 1.46. The van der Waals surface area contributed by atoms with Gasteiger partial charge in [0.15, 0.2) is 0 Å². The summed E-state index contributed by atoms with van der Waals surface area (Å²) in [7, 11) is -0.364. The van der Waals surface area contributed by atoms with E-state index in [0.29, 0.717) is 12.1 Å². The minimum atomic E-state index is -0.364. The predicted octanol–water partition coefficient (Wildman–Crippen LogP) is 6.10. The number of rotatable bonds is 14. The van der Waals surface area contributed by atoms with Crippen molar-refractivity contribution in [3.8, 4) is 0 Å². The lowest BCUT2D eigenvalue weighted by molar-refractivity contribution is 0.00578. The van der Waals surface area contributed by atoms with E-state index in [0.717, 1.165) is 18.5 Å². The van der Waals surface area contributed by atoms with Crippen molar-refractivity contribution in [1.29, 1.82) is 0 Å². The Morgan fingerprint density at radius 1 is 0.871 bits per heavy atom. The third-order valence-corrected chi connectivity index (χ3v) is 6.62. The number of hydrogen-bond acceptors (Lipinski definition) is 4. The van der Waals surface area contributed by atoms with Crippen molar-refractivity contribution >= 4 is 12.6 Å². The van der Waals surface area contributed by atoms with Gasteiger partial charge in [0, 0.05) is 24.5 Å². The van der Waals surface area contributed by atoms with Crippen LogP contribution in [0.15, 0.2) is 12.4 Å². The van der Waals surface area contributed by atoms with Crippen LogP contribution in [0.3, 0.4) is 0 Å². The normalized spacial score (nSPS) is 18.1. The lowest BCUT2D eigenvalue weighted by Gasteiger charge is -2.32. The van der Waals surface area contributed by atoms with E-state index < -0.39 is 0 Å². The van der Waals surface area contributed by atoms with Crippen molar-refractivity contribution in [2.75, 3.05) is 6.61 Å². The minimum absolute atomic E-state index is 0.331. The predicted molar refractivity (Wildman–Crippen MR) is 130 cm³/mol. The molecule has 0 aliphatic carbocycles. The number of aromatic nitrogens is 2. The molecule has 178 valence electrons. The van der Waals surface area contributed by atoms with E-state index in [1.807, 2.05) is 17.1 Å². The summed E-state index contributed by atoms with van der Waals surface area (Å²) in [5.41, 5.74) is 0.778. The van der Waals surface area contributed by atoms with Gasteiger partial charge in [-0.25, -0.2) is 4.68 Å². The average molecular weight is 434 g/mol. The Labute approximate surface area is 191 Å². The Kier molecular flexibility index (Phi) is 10.1. The summed E-state index contributed by atoms with van der Waals surface area (Å²) < 4.78 is 19.8. The second-order valence-electron chi connectivity index (χ2n) is 11.4. The molecule has 1 saturated heterocycles. The Bertz CT molecular complexity index is 621. The molecule has 0 amide bonds. The summed E-state index contributed by atoms with van der Waals surface area (Å²) in [4.78, 5) is 0. The number of unbranched alkanes of at least 4 members (excludes halogenated alkanes) is 8. The molecule has 1 aliphatic rings. The van der Waals surface area contributed by atoms with Gasteiger partial charge < -0.3 is 14.0 Å². The maximum absolute atomic E-state index is 6.08. The van der Waals surface area contributed by atoms with Gasteiger partial charge in [-0.15, -0.1) is 0 Å². The van der Waals surface area contributed by atoms with Crippen LogP contribution in [0.4, 0.5) is 0 Å². The SMILES string of the molecule is CC(C)(C)CCCCCCCCCCCOCn1cc(B2OC(C)(C)C(C)(C)O2)cn1. The van der Waals surface area contributed by atoms with Crippen LogP contribution in [0.25, 0.3) is 0 Å². The van der Waals surface area contributed by atoms with Gasteiger partial charge in [0.25, 0.3) is 0 Å². The molecule has 1 aromatic rings. The van der Waals surface area contributed by atoms with E-state index in [2.05, 4.69) is 53.6 Å². The first kappa shape index (κ1) is 26.4. The van der Waals surface area contributed by atoms with Crippen molar-refractivity contribution in [2.24, 2.45) is 5.41 Å². The summed E-state index contributed by atoms with van der Waals surface area (Å²) in [6, 6.07) is 0. The quantitative estimate of drug-likeness (QED) is 0.262. The molecular formula is C25H47BN2O3. The first-order valence-corrected chi connectivity index (χ1v) is 12.5. The first-order chi connectivity index (χ1) is 14.5. The van der Waals surface area contributed by atoms with E-state index in [9.17, 15) is 0 Å².